The highest BCUT2D eigenvalue weighted by Gasteiger charge is 2.37. The van der Waals surface area contributed by atoms with Gasteiger partial charge in [-0.2, -0.15) is 0 Å². The molecule has 0 spiro atoms. The first kappa shape index (κ1) is 19.6. The Morgan fingerprint density at radius 3 is 3.00 bits per heavy atom. The summed E-state index contributed by atoms with van der Waals surface area (Å²) in [5.74, 6) is 1.49. The molecule has 2 aromatic heterocycles. The van der Waals surface area contributed by atoms with Crippen LogP contribution in [-0.4, -0.2) is 53.4 Å². The van der Waals surface area contributed by atoms with Crippen LogP contribution in [0.5, 0.6) is 5.75 Å². The minimum absolute atomic E-state index is 0.0796. The Balaban J connectivity index is 1.32. The van der Waals surface area contributed by atoms with Gasteiger partial charge in [-0.25, -0.2) is 14.4 Å². The number of alkyl halides is 1. The molecule has 1 aromatic carbocycles. The first-order chi connectivity index (χ1) is 15.6. The maximum atomic E-state index is 13.2. The lowest BCUT2D eigenvalue weighted by Crippen LogP contribution is -2.54. The van der Waals surface area contributed by atoms with Crippen molar-refractivity contribution in [1.82, 2.24) is 14.9 Å². The summed E-state index contributed by atoms with van der Waals surface area (Å²) < 4.78 is 18.8. The van der Waals surface area contributed by atoms with E-state index in [0.717, 1.165) is 51.4 Å². The van der Waals surface area contributed by atoms with Crippen molar-refractivity contribution in [2.45, 2.75) is 32.0 Å². The van der Waals surface area contributed by atoms with E-state index in [1.165, 1.54) is 10.4 Å². The molecule has 6 rings (SSSR count). The summed E-state index contributed by atoms with van der Waals surface area (Å²) in [4.78, 5) is 29.8. The third-order valence-electron chi connectivity index (χ3n) is 6.55. The second kappa shape index (κ2) is 7.51. The number of ether oxygens (including phenoxy) is 1. The van der Waals surface area contributed by atoms with Gasteiger partial charge in [-0.05, 0) is 48.1 Å². The number of likely N-dealkylation sites (tertiary alicyclic amines) is 1. The summed E-state index contributed by atoms with van der Waals surface area (Å²) in [6, 6.07) is 4.05. The highest BCUT2D eigenvalue weighted by atomic mass is 32.1. The first-order valence-electron chi connectivity index (χ1n) is 10.8. The van der Waals surface area contributed by atoms with Gasteiger partial charge in [0.1, 0.15) is 28.9 Å². The molecule has 1 saturated heterocycles. The van der Waals surface area contributed by atoms with Crippen LogP contribution in [0, 0.1) is 5.92 Å². The molecule has 1 amide bonds. The molecule has 0 unspecified atom stereocenters. The molecule has 2 aliphatic heterocycles. The van der Waals surface area contributed by atoms with Crippen molar-refractivity contribution in [3.63, 3.8) is 0 Å². The molecule has 3 aliphatic rings. The Morgan fingerprint density at radius 2 is 2.19 bits per heavy atom. The van der Waals surface area contributed by atoms with Crippen molar-refractivity contribution in [2.24, 2.45) is 10.9 Å². The van der Waals surface area contributed by atoms with E-state index in [1.54, 1.807) is 29.7 Å². The van der Waals surface area contributed by atoms with Crippen LogP contribution in [0.3, 0.4) is 0 Å². The number of hydrogen-bond acceptors (Lipinski definition) is 7. The second-order valence-corrected chi connectivity index (χ2v) is 9.62. The number of halogens is 1. The van der Waals surface area contributed by atoms with Gasteiger partial charge >= 0.3 is 0 Å². The lowest BCUT2D eigenvalue weighted by molar-refractivity contribution is -0.143. The first-order valence-corrected chi connectivity index (χ1v) is 11.6. The summed E-state index contributed by atoms with van der Waals surface area (Å²) in [6.07, 6.45) is 4.81. The van der Waals surface area contributed by atoms with Gasteiger partial charge < -0.3 is 15.0 Å². The van der Waals surface area contributed by atoms with E-state index in [-0.39, 0.29) is 24.9 Å². The van der Waals surface area contributed by atoms with E-state index >= 15 is 0 Å². The van der Waals surface area contributed by atoms with E-state index in [0.29, 0.717) is 13.0 Å². The third-order valence-corrected chi connectivity index (χ3v) is 7.71. The SMILES string of the molecule is COc1cc2c(cc1Nc1ncnc3sc4c(c13)CC[C@H](C(=O)N1CC(F)C1)C4)C=NC2. The van der Waals surface area contributed by atoms with Crippen molar-refractivity contribution >= 4 is 45.2 Å². The second-order valence-electron chi connectivity index (χ2n) is 8.53. The molecule has 0 bridgehead atoms. The number of hydrogen-bond donors (Lipinski definition) is 1. The molecule has 0 saturated carbocycles. The molecule has 0 radical (unpaired) electrons. The van der Waals surface area contributed by atoms with E-state index in [4.69, 9.17) is 4.74 Å². The monoisotopic (exact) mass is 451 g/mol. The number of aryl methyl sites for hydroxylation is 1. The molecule has 1 aliphatic carbocycles. The predicted octanol–water partition coefficient (Wildman–Crippen LogP) is 3.66. The fourth-order valence-electron chi connectivity index (χ4n) is 4.81. The van der Waals surface area contributed by atoms with Crippen molar-refractivity contribution < 1.29 is 13.9 Å². The molecule has 4 heterocycles. The molecule has 3 aromatic rings. The van der Waals surface area contributed by atoms with Crippen molar-refractivity contribution in [2.75, 3.05) is 25.5 Å². The maximum Gasteiger partial charge on any atom is 0.226 e. The maximum absolute atomic E-state index is 13.2. The summed E-state index contributed by atoms with van der Waals surface area (Å²) in [6.45, 7) is 1.15. The van der Waals surface area contributed by atoms with Crippen molar-refractivity contribution in [3.8, 4) is 5.75 Å². The van der Waals surface area contributed by atoms with E-state index < -0.39 is 6.17 Å². The average Bonchev–Trinajstić information content (AvgIpc) is 3.39. The van der Waals surface area contributed by atoms with Gasteiger partial charge in [-0.1, -0.05) is 0 Å². The fourth-order valence-corrected chi connectivity index (χ4v) is 6.08. The Labute approximate surface area is 188 Å². The minimum Gasteiger partial charge on any atom is -0.495 e. The van der Waals surface area contributed by atoms with E-state index in [1.807, 2.05) is 18.3 Å². The van der Waals surface area contributed by atoms with Gasteiger partial charge in [0.15, 0.2) is 0 Å². The zero-order chi connectivity index (χ0) is 21.8. The molecular weight excluding hydrogens is 429 g/mol. The van der Waals surface area contributed by atoms with Gasteiger partial charge in [0.05, 0.1) is 37.8 Å². The van der Waals surface area contributed by atoms with Crippen molar-refractivity contribution in [3.05, 3.63) is 40.0 Å². The lowest BCUT2D eigenvalue weighted by Gasteiger charge is -2.37. The zero-order valence-electron chi connectivity index (χ0n) is 17.6. The highest BCUT2D eigenvalue weighted by molar-refractivity contribution is 7.19. The van der Waals surface area contributed by atoms with Crippen LogP contribution in [0.15, 0.2) is 23.5 Å². The number of carbonyl (C=O) groups is 1. The number of carbonyl (C=O) groups excluding carboxylic acids is 1. The molecule has 32 heavy (non-hydrogen) atoms. The fraction of sp³-hybridized carbons (Fsp3) is 0.391. The summed E-state index contributed by atoms with van der Waals surface area (Å²) in [5.41, 5.74) is 4.27. The van der Waals surface area contributed by atoms with Crippen LogP contribution in [0.4, 0.5) is 15.9 Å². The Bertz CT molecular complexity index is 1270. The molecule has 1 fully saturated rings. The third kappa shape index (κ3) is 3.14. The van der Waals surface area contributed by atoms with E-state index in [9.17, 15) is 9.18 Å². The summed E-state index contributed by atoms with van der Waals surface area (Å²) >= 11 is 1.63. The van der Waals surface area contributed by atoms with Gasteiger partial charge in [-0.3, -0.25) is 9.79 Å². The van der Waals surface area contributed by atoms with Crippen LogP contribution in [0.2, 0.25) is 0 Å². The number of nitrogens with zero attached hydrogens (tertiary/aromatic N) is 4. The number of rotatable bonds is 4. The Kier molecular flexibility index (Phi) is 4.60. The molecule has 1 atom stereocenters. The smallest absolute Gasteiger partial charge is 0.226 e. The number of nitrogens with one attached hydrogen (secondary N) is 1. The summed E-state index contributed by atoms with van der Waals surface area (Å²) in [5, 5.41) is 4.48. The largest absolute Gasteiger partial charge is 0.495 e. The number of methoxy groups -OCH3 is 1. The van der Waals surface area contributed by atoms with E-state index in [2.05, 4.69) is 20.3 Å². The number of anilines is 2. The minimum atomic E-state index is -0.867. The number of aliphatic imine (C=N–C) groups is 1. The van der Waals surface area contributed by atoms with Gasteiger partial charge in [0, 0.05) is 17.0 Å². The number of benzene rings is 1. The number of fused-ring (bicyclic) bond motifs is 4. The zero-order valence-corrected chi connectivity index (χ0v) is 18.4. The Hall–Kier alpha value is -3.07. The normalized spacial score (nSPS) is 19.6. The molecule has 9 heteroatoms. The molecular formula is C23H22FN5O2S. The highest BCUT2D eigenvalue weighted by Crippen LogP contribution is 2.42. The van der Waals surface area contributed by atoms with Crippen LogP contribution in [0.25, 0.3) is 10.2 Å². The molecule has 1 N–H and O–H groups in total. The summed E-state index contributed by atoms with van der Waals surface area (Å²) in [7, 11) is 1.66. The van der Waals surface area contributed by atoms with Gasteiger partial charge in [0.25, 0.3) is 0 Å². The topological polar surface area (TPSA) is 79.7 Å². The van der Waals surface area contributed by atoms with Crippen LogP contribution in [-0.2, 0) is 24.2 Å². The van der Waals surface area contributed by atoms with Crippen LogP contribution >= 0.6 is 11.3 Å². The predicted molar refractivity (Wildman–Crippen MR) is 122 cm³/mol. The average molecular weight is 452 g/mol. The quantitative estimate of drug-likeness (QED) is 0.655. The van der Waals surface area contributed by atoms with Gasteiger partial charge in [0.2, 0.25) is 5.91 Å². The number of thiophene rings is 1. The number of aromatic nitrogens is 2. The van der Waals surface area contributed by atoms with Crippen molar-refractivity contribution in [1.29, 1.82) is 0 Å². The Morgan fingerprint density at radius 1 is 1.31 bits per heavy atom. The van der Waals surface area contributed by atoms with Crippen LogP contribution in [0.1, 0.15) is 28.0 Å². The van der Waals surface area contributed by atoms with Gasteiger partial charge in [-0.15, -0.1) is 11.3 Å². The standard InChI is InChI=1S/C23H22FN5O2S/c1-31-18-5-14-8-25-7-13(14)4-17(18)28-21-20-16-3-2-12(23(30)29-9-15(24)10-29)6-19(16)32-22(20)27-11-26-21/h4-5,7,11-12,15H,2-3,6,8-10H2,1H3,(H,26,27,28)/t12-/m0/s1. The van der Waals surface area contributed by atoms with Crippen LogP contribution < -0.4 is 10.1 Å². The molecule has 164 valence electrons. The molecule has 7 nitrogen and oxygen atoms in total. The lowest BCUT2D eigenvalue weighted by atomic mass is 9.86. The number of amides is 1.